The first kappa shape index (κ1) is 18.2. The number of benzene rings is 2. The number of H-pyrrole nitrogens is 1. The summed E-state index contributed by atoms with van der Waals surface area (Å²) in [6.07, 6.45) is 3.31. The Balaban J connectivity index is 1.83. The molecule has 0 bridgehead atoms. The Kier molecular flexibility index (Phi) is 5.10. The van der Waals surface area contributed by atoms with Gasteiger partial charge >= 0.3 is 5.69 Å². The van der Waals surface area contributed by atoms with E-state index >= 15 is 0 Å². The maximum Gasteiger partial charge on any atom is 0.329 e. The van der Waals surface area contributed by atoms with Crippen LogP contribution >= 0.6 is 0 Å². The molecule has 28 heavy (non-hydrogen) atoms. The number of carbonyl (C=O) groups excluding carboxylic acids is 1. The maximum atomic E-state index is 13.4. The number of nitrogens with one attached hydrogen (secondary N) is 1. The first-order valence-corrected chi connectivity index (χ1v) is 9.71. The van der Waals surface area contributed by atoms with Crippen molar-refractivity contribution >= 4 is 16.8 Å². The molecule has 1 aliphatic rings. The van der Waals surface area contributed by atoms with Crippen molar-refractivity contribution in [2.75, 3.05) is 13.1 Å². The number of piperidine rings is 1. The van der Waals surface area contributed by atoms with E-state index in [0.717, 1.165) is 29.4 Å². The molecule has 4 rings (SSSR count). The zero-order valence-corrected chi connectivity index (χ0v) is 15.6. The Labute approximate surface area is 162 Å². The highest BCUT2D eigenvalue weighted by Crippen LogP contribution is 2.19. The van der Waals surface area contributed by atoms with E-state index in [1.165, 1.54) is 0 Å². The topological polar surface area (TPSA) is 75.2 Å². The summed E-state index contributed by atoms with van der Waals surface area (Å²) in [5.74, 6) is -0.161. The molecule has 144 valence electrons. The highest BCUT2D eigenvalue weighted by molar-refractivity contribution is 5.82. The van der Waals surface area contributed by atoms with Crippen LogP contribution in [-0.4, -0.2) is 33.4 Å². The Hall–Kier alpha value is -3.15. The minimum atomic E-state index is -0.860. The molecule has 0 aliphatic carbocycles. The Morgan fingerprint density at radius 3 is 2.36 bits per heavy atom. The monoisotopic (exact) mass is 377 g/mol. The van der Waals surface area contributed by atoms with E-state index in [9.17, 15) is 14.4 Å². The summed E-state index contributed by atoms with van der Waals surface area (Å²) >= 11 is 0. The second-order valence-corrected chi connectivity index (χ2v) is 7.24. The molecule has 1 saturated heterocycles. The van der Waals surface area contributed by atoms with E-state index in [-0.39, 0.29) is 5.91 Å². The largest absolute Gasteiger partial charge is 0.341 e. The number of hydrogen-bond acceptors (Lipinski definition) is 3. The van der Waals surface area contributed by atoms with Crippen LogP contribution in [-0.2, 0) is 11.2 Å². The molecule has 1 atom stereocenters. The van der Waals surface area contributed by atoms with Gasteiger partial charge in [-0.1, -0.05) is 42.5 Å². The van der Waals surface area contributed by atoms with Crippen molar-refractivity contribution in [3.8, 4) is 0 Å². The van der Waals surface area contributed by atoms with Gasteiger partial charge in [0.05, 0.1) is 10.9 Å². The minimum absolute atomic E-state index is 0.161. The van der Waals surface area contributed by atoms with Gasteiger partial charge in [-0.3, -0.25) is 9.59 Å². The zero-order chi connectivity index (χ0) is 19.5. The molecule has 1 aliphatic heterocycles. The molecule has 6 heteroatoms. The fraction of sp³-hybridized carbons (Fsp3) is 0.318. The summed E-state index contributed by atoms with van der Waals surface area (Å²) in [6.45, 7) is 1.34. The number of nitrogens with zero attached hydrogens (tertiary/aromatic N) is 2. The molecule has 1 unspecified atom stereocenters. The standard InChI is InChI=1S/C22H23N3O3/c26-20-17-11-5-6-12-18(17)23-22(28)25(20)19(15-16-9-3-1-4-10-16)21(27)24-13-7-2-8-14-24/h1,3-6,9-12,19H,2,7-8,13-15H2,(H,23,28). The lowest BCUT2D eigenvalue weighted by molar-refractivity contribution is -0.135. The highest BCUT2D eigenvalue weighted by Gasteiger charge is 2.30. The van der Waals surface area contributed by atoms with Crippen LogP contribution in [0, 0.1) is 0 Å². The van der Waals surface area contributed by atoms with E-state index in [1.54, 1.807) is 29.2 Å². The predicted molar refractivity (Wildman–Crippen MR) is 108 cm³/mol. The second-order valence-electron chi connectivity index (χ2n) is 7.24. The van der Waals surface area contributed by atoms with Crippen LogP contribution in [0.4, 0.5) is 0 Å². The summed E-state index contributed by atoms with van der Waals surface area (Å²) < 4.78 is 1.10. The third-order valence-corrected chi connectivity index (χ3v) is 5.37. The summed E-state index contributed by atoms with van der Waals surface area (Å²) in [4.78, 5) is 43.9. The normalized spacial score (nSPS) is 15.5. The first-order valence-electron chi connectivity index (χ1n) is 9.71. The average molecular weight is 377 g/mol. The Bertz CT molecular complexity index is 1100. The van der Waals surface area contributed by atoms with Gasteiger partial charge < -0.3 is 9.88 Å². The molecule has 2 aromatic carbocycles. The van der Waals surface area contributed by atoms with Crippen LogP contribution in [0.2, 0.25) is 0 Å². The molecule has 2 heterocycles. The number of para-hydroxylation sites is 1. The van der Waals surface area contributed by atoms with Crippen LogP contribution in [0.15, 0.2) is 64.2 Å². The maximum absolute atomic E-state index is 13.4. The van der Waals surface area contributed by atoms with Gasteiger partial charge in [0.25, 0.3) is 5.56 Å². The smallest absolute Gasteiger partial charge is 0.329 e. The third-order valence-electron chi connectivity index (χ3n) is 5.37. The lowest BCUT2D eigenvalue weighted by atomic mass is 10.0. The van der Waals surface area contributed by atoms with E-state index in [2.05, 4.69) is 4.98 Å². The van der Waals surface area contributed by atoms with Gasteiger partial charge in [-0.25, -0.2) is 9.36 Å². The van der Waals surface area contributed by atoms with Gasteiger partial charge in [0.1, 0.15) is 6.04 Å². The zero-order valence-electron chi connectivity index (χ0n) is 15.6. The van der Waals surface area contributed by atoms with Crippen LogP contribution in [0.5, 0.6) is 0 Å². The number of amides is 1. The van der Waals surface area contributed by atoms with Crippen molar-refractivity contribution in [2.24, 2.45) is 0 Å². The fourth-order valence-electron chi connectivity index (χ4n) is 3.91. The molecule has 1 aromatic heterocycles. The van der Waals surface area contributed by atoms with Gasteiger partial charge in [-0.15, -0.1) is 0 Å². The summed E-state index contributed by atoms with van der Waals surface area (Å²) in [5, 5.41) is 0.409. The van der Waals surface area contributed by atoms with Crippen molar-refractivity contribution in [1.29, 1.82) is 0 Å². The van der Waals surface area contributed by atoms with Crippen molar-refractivity contribution in [3.63, 3.8) is 0 Å². The molecule has 0 saturated carbocycles. The summed E-state index contributed by atoms with van der Waals surface area (Å²) in [7, 11) is 0. The summed E-state index contributed by atoms with van der Waals surface area (Å²) in [5.41, 5.74) is 0.426. The van der Waals surface area contributed by atoms with E-state index < -0.39 is 17.3 Å². The van der Waals surface area contributed by atoms with Crippen LogP contribution < -0.4 is 11.2 Å². The van der Waals surface area contributed by atoms with Gasteiger partial charge in [-0.05, 0) is 37.0 Å². The molecular formula is C22H23N3O3. The first-order chi connectivity index (χ1) is 13.6. The van der Waals surface area contributed by atoms with Gasteiger partial charge in [0.2, 0.25) is 5.91 Å². The van der Waals surface area contributed by atoms with Gasteiger partial charge in [0, 0.05) is 19.5 Å². The molecule has 1 amide bonds. The third kappa shape index (κ3) is 3.50. The van der Waals surface area contributed by atoms with Crippen molar-refractivity contribution in [1.82, 2.24) is 14.5 Å². The van der Waals surface area contributed by atoms with Crippen molar-refractivity contribution in [2.45, 2.75) is 31.7 Å². The number of fused-ring (bicyclic) bond motifs is 1. The average Bonchev–Trinajstić information content (AvgIpc) is 2.74. The number of rotatable bonds is 4. The lowest BCUT2D eigenvalue weighted by Gasteiger charge is -2.31. The summed E-state index contributed by atoms with van der Waals surface area (Å²) in [6, 6.07) is 15.6. The van der Waals surface area contributed by atoms with Gasteiger partial charge in [-0.2, -0.15) is 0 Å². The molecule has 6 nitrogen and oxygen atoms in total. The lowest BCUT2D eigenvalue weighted by Crippen LogP contribution is -2.48. The molecule has 1 fully saturated rings. The van der Waals surface area contributed by atoms with Crippen LogP contribution in [0.1, 0.15) is 30.9 Å². The number of aromatic amines is 1. The predicted octanol–water partition coefficient (Wildman–Crippen LogP) is 2.49. The van der Waals surface area contributed by atoms with Crippen LogP contribution in [0.25, 0.3) is 10.9 Å². The van der Waals surface area contributed by atoms with E-state index in [0.29, 0.717) is 30.4 Å². The molecular weight excluding hydrogens is 354 g/mol. The van der Waals surface area contributed by atoms with E-state index in [4.69, 9.17) is 0 Å². The number of aromatic nitrogens is 2. The number of likely N-dealkylation sites (tertiary alicyclic amines) is 1. The second kappa shape index (κ2) is 7.84. The SMILES string of the molecule is O=C(C(Cc1ccccc1)n1c(=O)[nH]c2ccccc2c1=O)N1CCCCC1. The van der Waals surface area contributed by atoms with Crippen molar-refractivity contribution < 1.29 is 4.79 Å². The Morgan fingerprint density at radius 1 is 0.929 bits per heavy atom. The Morgan fingerprint density at radius 2 is 1.61 bits per heavy atom. The fourth-order valence-corrected chi connectivity index (χ4v) is 3.91. The number of carbonyl (C=O) groups is 1. The minimum Gasteiger partial charge on any atom is -0.341 e. The quantitative estimate of drug-likeness (QED) is 0.759. The molecule has 3 aromatic rings. The molecule has 0 spiro atoms. The van der Waals surface area contributed by atoms with Crippen molar-refractivity contribution in [3.05, 3.63) is 81.0 Å². The molecule has 0 radical (unpaired) electrons. The number of hydrogen-bond donors (Lipinski definition) is 1. The molecule has 1 N–H and O–H groups in total. The van der Waals surface area contributed by atoms with Crippen LogP contribution in [0.3, 0.4) is 0 Å². The van der Waals surface area contributed by atoms with Gasteiger partial charge in [0.15, 0.2) is 0 Å². The van der Waals surface area contributed by atoms with E-state index in [1.807, 2.05) is 30.3 Å². The highest BCUT2D eigenvalue weighted by atomic mass is 16.2.